The van der Waals surface area contributed by atoms with Crippen LogP contribution in [0.4, 0.5) is 0 Å². The van der Waals surface area contributed by atoms with Crippen molar-refractivity contribution in [3.05, 3.63) is 10.7 Å². The molecule has 1 aliphatic rings. The molecule has 0 bridgehead atoms. The van der Waals surface area contributed by atoms with E-state index in [0.29, 0.717) is 5.41 Å². The van der Waals surface area contributed by atoms with Crippen molar-refractivity contribution in [2.75, 3.05) is 7.05 Å². The molecule has 7 heteroatoms. The molecule has 0 spiro atoms. The van der Waals surface area contributed by atoms with Gasteiger partial charge in [0.05, 0.1) is 6.20 Å². The number of hydrogen-bond donors (Lipinski definition) is 0. The molecule has 1 fully saturated rings. The molecule has 0 saturated heterocycles. The van der Waals surface area contributed by atoms with Crippen molar-refractivity contribution < 1.29 is 8.42 Å². The van der Waals surface area contributed by atoms with Gasteiger partial charge in [-0.2, -0.15) is 4.31 Å². The van der Waals surface area contributed by atoms with Crippen molar-refractivity contribution in [1.82, 2.24) is 9.29 Å². The fourth-order valence-corrected chi connectivity index (χ4v) is 5.34. The lowest BCUT2D eigenvalue weighted by Gasteiger charge is -2.37. The number of hydrogen-bond acceptors (Lipinski definition) is 4. The Bertz CT molecular complexity index is 544. The molecule has 2 rings (SSSR count). The first-order valence-electron chi connectivity index (χ1n) is 6.32. The quantitative estimate of drug-likeness (QED) is 0.857. The van der Waals surface area contributed by atoms with Gasteiger partial charge in [0.1, 0.15) is 0 Å². The summed E-state index contributed by atoms with van der Waals surface area (Å²) in [4.78, 5) is 3.81. The van der Waals surface area contributed by atoms with Crippen LogP contribution in [0.1, 0.15) is 39.5 Å². The molecule has 1 aromatic rings. The molecule has 0 aromatic carbocycles. The molecule has 4 nitrogen and oxygen atoms in total. The van der Waals surface area contributed by atoms with Gasteiger partial charge in [-0.1, -0.05) is 36.8 Å². The van der Waals surface area contributed by atoms with E-state index in [9.17, 15) is 8.42 Å². The first kappa shape index (κ1) is 15.2. The third kappa shape index (κ3) is 3.29. The van der Waals surface area contributed by atoms with Crippen LogP contribution in [0.3, 0.4) is 0 Å². The van der Waals surface area contributed by atoms with E-state index in [-0.39, 0.29) is 14.7 Å². The number of aromatic nitrogens is 1. The van der Waals surface area contributed by atoms with E-state index in [0.717, 1.165) is 37.0 Å². The van der Waals surface area contributed by atoms with Crippen LogP contribution in [0.25, 0.3) is 0 Å². The fourth-order valence-electron chi connectivity index (χ4n) is 2.44. The predicted octanol–water partition coefficient (Wildman–Crippen LogP) is 3.39. The van der Waals surface area contributed by atoms with Crippen molar-refractivity contribution in [3.63, 3.8) is 0 Å². The summed E-state index contributed by atoms with van der Waals surface area (Å²) in [6, 6.07) is 0.0823. The summed E-state index contributed by atoms with van der Waals surface area (Å²) < 4.78 is 26.9. The highest BCUT2D eigenvalue weighted by atomic mass is 35.5. The minimum absolute atomic E-state index is 0.0823. The van der Waals surface area contributed by atoms with E-state index in [1.165, 1.54) is 10.5 Å². The third-order valence-electron chi connectivity index (χ3n) is 3.91. The van der Waals surface area contributed by atoms with E-state index in [1.54, 1.807) is 7.05 Å². The molecule has 0 amide bonds. The Morgan fingerprint density at radius 1 is 1.42 bits per heavy atom. The molecule has 1 saturated carbocycles. The van der Waals surface area contributed by atoms with Crippen molar-refractivity contribution in [1.29, 1.82) is 0 Å². The Morgan fingerprint density at radius 2 is 2.00 bits per heavy atom. The van der Waals surface area contributed by atoms with Crippen molar-refractivity contribution in [2.24, 2.45) is 5.41 Å². The van der Waals surface area contributed by atoms with Crippen LogP contribution in [-0.2, 0) is 10.0 Å². The van der Waals surface area contributed by atoms with E-state index >= 15 is 0 Å². The van der Waals surface area contributed by atoms with Gasteiger partial charge in [-0.15, -0.1) is 0 Å². The average molecular weight is 323 g/mol. The van der Waals surface area contributed by atoms with Crippen LogP contribution in [0.15, 0.2) is 10.4 Å². The van der Waals surface area contributed by atoms with Crippen molar-refractivity contribution in [3.8, 4) is 0 Å². The van der Waals surface area contributed by atoms with Crippen LogP contribution in [0, 0.1) is 5.41 Å². The van der Waals surface area contributed by atoms with Crippen LogP contribution in [0.5, 0.6) is 0 Å². The summed E-state index contributed by atoms with van der Waals surface area (Å²) in [7, 11) is -1.79. The standard InChI is InChI=1S/C12H19ClN2O2S2/c1-12(2)6-4-9(5-7-12)15(3)19(16,17)10-8-14-11(13)18-10/h8-9H,4-7H2,1-3H3. The molecule has 0 atom stereocenters. The largest absolute Gasteiger partial charge is 0.254 e. The molecular weight excluding hydrogens is 304 g/mol. The molecule has 19 heavy (non-hydrogen) atoms. The molecule has 108 valence electrons. The van der Waals surface area contributed by atoms with Gasteiger partial charge in [-0.25, -0.2) is 13.4 Å². The maximum absolute atomic E-state index is 12.4. The molecule has 1 aromatic heterocycles. The molecule has 0 N–H and O–H groups in total. The molecular formula is C12H19ClN2O2S2. The van der Waals surface area contributed by atoms with Gasteiger partial charge in [0.2, 0.25) is 0 Å². The first-order chi connectivity index (χ1) is 8.72. The molecule has 0 unspecified atom stereocenters. The number of sulfonamides is 1. The highest BCUT2D eigenvalue weighted by molar-refractivity contribution is 7.91. The summed E-state index contributed by atoms with van der Waals surface area (Å²) in [6.07, 6.45) is 5.28. The van der Waals surface area contributed by atoms with Gasteiger partial charge in [0.15, 0.2) is 8.68 Å². The first-order valence-corrected chi connectivity index (χ1v) is 8.95. The van der Waals surface area contributed by atoms with Gasteiger partial charge in [0, 0.05) is 13.1 Å². The van der Waals surface area contributed by atoms with Crippen LogP contribution in [0.2, 0.25) is 4.47 Å². The Hall–Kier alpha value is -0.170. The zero-order chi connectivity index (χ0) is 14.3. The lowest BCUT2D eigenvalue weighted by Crippen LogP contribution is -2.40. The minimum Gasteiger partial charge on any atom is -0.232 e. The second-order valence-corrected chi connectivity index (χ2v) is 9.69. The molecule has 0 radical (unpaired) electrons. The predicted molar refractivity (Wildman–Crippen MR) is 78.1 cm³/mol. The van der Waals surface area contributed by atoms with Gasteiger partial charge in [-0.05, 0) is 31.1 Å². The molecule has 1 heterocycles. The lowest BCUT2D eigenvalue weighted by atomic mass is 9.76. The minimum atomic E-state index is -3.45. The monoisotopic (exact) mass is 322 g/mol. The Kier molecular flexibility index (Phi) is 4.26. The van der Waals surface area contributed by atoms with E-state index in [2.05, 4.69) is 18.8 Å². The second kappa shape index (κ2) is 5.31. The van der Waals surface area contributed by atoms with Gasteiger partial charge >= 0.3 is 0 Å². The Morgan fingerprint density at radius 3 is 2.47 bits per heavy atom. The van der Waals surface area contributed by atoms with Gasteiger partial charge in [-0.3, -0.25) is 0 Å². The zero-order valence-electron chi connectivity index (χ0n) is 11.4. The van der Waals surface area contributed by atoms with Gasteiger partial charge < -0.3 is 0 Å². The normalized spacial score (nSPS) is 20.9. The SMILES string of the molecule is CN(C1CCC(C)(C)CC1)S(=O)(=O)c1cnc(Cl)s1. The van der Waals surface area contributed by atoms with Gasteiger partial charge in [0.25, 0.3) is 10.0 Å². The molecule has 1 aliphatic carbocycles. The summed E-state index contributed by atoms with van der Waals surface area (Å²) >= 11 is 6.73. The van der Waals surface area contributed by atoms with Crippen LogP contribution in [-0.4, -0.2) is 30.8 Å². The number of nitrogens with zero attached hydrogens (tertiary/aromatic N) is 2. The zero-order valence-corrected chi connectivity index (χ0v) is 13.8. The van der Waals surface area contributed by atoms with Crippen molar-refractivity contribution >= 4 is 33.0 Å². The van der Waals surface area contributed by atoms with E-state index in [1.807, 2.05) is 0 Å². The summed E-state index contributed by atoms with van der Waals surface area (Å²) in [6.45, 7) is 4.47. The highest BCUT2D eigenvalue weighted by Crippen LogP contribution is 2.38. The second-order valence-electron chi connectivity index (χ2n) is 5.85. The summed E-state index contributed by atoms with van der Waals surface area (Å²) in [5.74, 6) is 0. The maximum Gasteiger partial charge on any atom is 0.254 e. The average Bonchev–Trinajstić information content (AvgIpc) is 2.76. The Balaban J connectivity index is 2.14. The number of halogens is 1. The third-order valence-corrected chi connectivity index (χ3v) is 7.37. The summed E-state index contributed by atoms with van der Waals surface area (Å²) in [5, 5.41) is 0. The number of thiazole rings is 1. The van der Waals surface area contributed by atoms with E-state index < -0.39 is 10.0 Å². The maximum atomic E-state index is 12.4. The molecule has 0 aliphatic heterocycles. The lowest BCUT2D eigenvalue weighted by molar-refractivity contribution is 0.174. The Labute approximate surface area is 123 Å². The van der Waals surface area contributed by atoms with Crippen LogP contribution < -0.4 is 0 Å². The van der Waals surface area contributed by atoms with E-state index in [4.69, 9.17) is 11.6 Å². The highest BCUT2D eigenvalue weighted by Gasteiger charge is 2.34. The summed E-state index contributed by atoms with van der Waals surface area (Å²) in [5.41, 5.74) is 0.328. The smallest absolute Gasteiger partial charge is 0.232 e. The van der Waals surface area contributed by atoms with Crippen molar-refractivity contribution in [2.45, 2.75) is 49.8 Å². The number of rotatable bonds is 3. The topological polar surface area (TPSA) is 50.3 Å². The van der Waals surface area contributed by atoms with Crippen LogP contribution >= 0.6 is 22.9 Å². The fraction of sp³-hybridized carbons (Fsp3) is 0.750.